The standard InChI is InChI=1S/C12H13N3O2/c1-8-10(7-11(13)15-16)14-12(17-8)9-5-3-2-4-6-9/h2-6,16H,7H2,1H3,(H2,13,15). The van der Waals surface area contributed by atoms with E-state index in [4.69, 9.17) is 15.4 Å². The largest absolute Gasteiger partial charge is 0.441 e. The van der Waals surface area contributed by atoms with Gasteiger partial charge in [0.25, 0.3) is 0 Å². The minimum absolute atomic E-state index is 0.112. The van der Waals surface area contributed by atoms with Gasteiger partial charge in [0.15, 0.2) is 0 Å². The van der Waals surface area contributed by atoms with E-state index in [1.54, 1.807) is 6.92 Å². The second kappa shape index (κ2) is 4.69. The third-order valence-corrected chi connectivity index (χ3v) is 2.39. The van der Waals surface area contributed by atoms with Gasteiger partial charge < -0.3 is 15.4 Å². The van der Waals surface area contributed by atoms with E-state index in [0.717, 1.165) is 5.56 Å². The molecule has 17 heavy (non-hydrogen) atoms. The van der Waals surface area contributed by atoms with E-state index < -0.39 is 0 Å². The van der Waals surface area contributed by atoms with E-state index in [9.17, 15) is 0 Å². The molecule has 0 bridgehead atoms. The molecule has 0 atom stereocenters. The Hall–Kier alpha value is -2.30. The number of hydrogen-bond acceptors (Lipinski definition) is 4. The van der Waals surface area contributed by atoms with Gasteiger partial charge in [0.1, 0.15) is 11.6 Å². The predicted molar refractivity (Wildman–Crippen MR) is 63.8 cm³/mol. The van der Waals surface area contributed by atoms with Crippen LogP contribution in [0.25, 0.3) is 11.5 Å². The van der Waals surface area contributed by atoms with Crippen molar-refractivity contribution >= 4 is 5.84 Å². The van der Waals surface area contributed by atoms with Crippen LogP contribution in [0.3, 0.4) is 0 Å². The van der Waals surface area contributed by atoms with Crippen molar-refractivity contribution in [2.45, 2.75) is 13.3 Å². The fourth-order valence-electron chi connectivity index (χ4n) is 1.50. The zero-order chi connectivity index (χ0) is 12.3. The number of benzene rings is 1. The van der Waals surface area contributed by atoms with Crippen LogP contribution in [0.4, 0.5) is 0 Å². The molecule has 0 unspecified atom stereocenters. The van der Waals surface area contributed by atoms with Crippen molar-refractivity contribution in [2.75, 3.05) is 0 Å². The third kappa shape index (κ3) is 2.44. The SMILES string of the molecule is Cc1oc(-c2ccccc2)nc1CC(N)=NO. The lowest BCUT2D eigenvalue weighted by Gasteiger charge is -1.93. The molecule has 2 aromatic rings. The molecule has 5 nitrogen and oxygen atoms in total. The molecule has 0 aliphatic carbocycles. The molecular formula is C12H13N3O2. The maximum absolute atomic E-state index is 8.52. The molecule has 3 N–H and O–H groups in total. The fourth-order valence-corrected chi connectivity index (χ4v) is 1.50. The lowest BCUT2D eigenvalue weighted by Crippen LogP contribution is -2.15. The average molecular weight is 231 g/mol. The molecule has 1 aromatic heterocycles. The quantitative estimate of drug-likeness (QED) is 0.366. The Bertz CT molecular complexity index is 532. The smallest absolute Gasteiger partial charge is 0.226 e. The molecule has 2 rings (SSSR count). The molecular weight excluding hydrogens is 218 g/mol. The number of amidine groups is 1. The molecule has 0 aliphatic heterocycles. The Morgan fingerprint density at radius 2 is 2.12 bits per heavy atom. The Balaban J connectivity index is 2.31. The zero-order valence-corrected chi connectivity index (χ0v) is 9.42. The third-order valence-electron chi connectivity index (χ3n) is 2.39. The molecule has 1 aromatic carbocycles. The van der Waals surface area contributed by atoms with Crippen LogP contribution >= 0.6 is 0 Å². The van der Waals surface area contributed by atoms with Gasteiger partial charge in [-0.25, -0.2) is 4.98 Å². The number of hydrogen-bond donors (Lipinski definition) is 2. The second-order valence-electron chi connectivity index (χ2n) is 3.66. The zero-order valence-electron chi connectivity index (χ0n) is 9.42. The maximum atomic E-state index is 8.52. The molecule has 0 saturated carbocycles. The van der Waals surface area contributed by atoms with Gasteiger partial charge in [0, 0.05) is 5.56 Å². The van der Waals surface area contributed by atoms with Crippen molar-refractivity contribution in [2.24, 2.45) is 10.9 Å². The first-order valence-corrected chi connectivity index (χ1v) is 5.19. The topological polar surface area (TPSA) is 84.6 Å². The Kier molecular flexibility index (Phi) is 3.09. The molecule has 5 heteroatoms. The molecule has 0 fully saturated rings. The number of oxime groups is 1. The predicted octanol–water partition coefficient (Wildman–Crippen LogP) is 1.94. The van der Waals surface area contributed by atoms with Gasteiger partial charge in [0.05, 0.1) is 12.1 Å². The van der Waals surface area contributed by atoms with Crippen LogP contribution in [0.5, 0.6) is 0 Å². The Morgan fingerprint density at radius 3 is 2.76 bits per heavy atom. The fraction of sp³-hybridized carbons (Fsp3) is 0.167. The van der Waals surface area contributed by atoms with E-state index in [1.165, 1.54) is 0 Å². The number of nitrogens with two attached hydrogens (primary N) is 1. The van der Waals surface area contributed by atoms with Crippen molar-refractivity contribution in [3.05, 3.63) is 41.8 Å². The van der Waals surface area contributed by atoms with Crippen LogP contribution in [0.15, 0.2) is 39.9 Å². The van der Waals surface area contributed by atoms with Crippen LogP contribution in [-0.2, 0) is 6.42 Å². The molecule has 0 saturated heterocycles. The summed E-state index contributed by atoms with van der Waals surface area (Å²) in [6.07, 6.45) is 0.276. The van der Waals surface area contributed by atoms with Gasteiger partial charge in [-0.3, -0.25) is 0 Å². The van der Waals surface area contributed by atoms with Crippen LogP contribution in [0, 0.1) is 6.92 Å². The summed E-state index contributed by atoms with van der Waals surface area (Å²) in [5, 5.41) is 11.4. The second-order valence-corrected chi connectivity index (χ2v) is 3.66. The van der Waals surface area contributed by atoms with Gasteiger partial charge in [-0.2, -0.15) is 0 Å². The first kappa shape index (κ1) is 11.2. The number of nitrogens with zero attached hydrogens (tertiary/aromatic N) is 2. The van der Waals surface area contributed by atoms with E-state index in [-0.39, 0.29) is 12.3 Å². The summed E-state index contributed by atoms with van der Waals surface area (Å²) in [6, 6.07) is 9.59. The van der Waals surface area contributed by atoms with E-state index in [0.29, 0.717) is 17.3 Å². The van der Waals surface area contributed by atoms with Crippen molar-refractivity contribution in [3.63, 3.8) is 0 Å². The maximum Gasteiger partial charge on any atom is 0.226 e. The number of rotatable bonds is 3. The normalized spacial score (nSPS) is 11.7. The average Bonchev–Trinajstić information content (AvgIpc) is 2.72. The van der Waals surface area contributed by atoms with Crippen LogP contribution in [-0.4, -0.2) is 16.0 Å². The number of oxazole rings is 1. The Labute approximate surface area is 98.6 Å². The summed E-state index contributed by atoms with van der Waals surface area (Å²) in [5.74, 6) is 1.33. The highest BCUT2D eigenvalue weighted by Gasteiger charge is 2.12. The highest BCUT2D eigenvalue weighted by molar-refractivity contribution is 5.81. The number of aryl methyl sites for hydroxylation is 1. The molecule has 0 spiro atoms. The summed E-state index contributed by atoms with van der Waals surface area (Å²) in [4.78, 5) is 4.33. The monoisotopic (exact) mass is 231 g/mol. The van der Waals surface area contributed by atoms with Gasteiger partial charge >= 0.3 is 0 Å². The number of aromatic nitrogens is 1. The lowest BCUT2D eigenvalue weighted by atomic mass is 10.2. The van der Waals surface area contributed by atoms with Crippen molar-refractivity contribution in [3.8, 4) is 11.5 Å². The minimum Gasteiger partial charge on any atom is -0.441 e. The molecule has 0 aliphatic rings. The van der Waals surface area contributed by atoms with Crippen LogP contribution < -0.4 is 5.73 Å². The van der Waals surface area contributed by atoms with Crippen LogP contribution in [0.1, 0.15) is 11.5 Å². The first-order valence-electron chi connectivity index (χ1n) is 5.19. The minimum atomic E-state index is 0.112. The van der Waals surface area contributed by atoms with Gasteiger partial charge in [0.2, 0.25) is 5.89 Å². The van der Waals surface area contributed by atoms with E-state index in [1.807, 2.05) is 30.3 Å². The van der Waals surface area contributed by atoms with Crippen molar-refractivity contribution in [1.82, 2.24) is 4.98 Å². The summed E-state index contributed by atoms with van der Waals surface area (Å²) in [6.45, 7) is 1.80. The van der Waals surface area contributed by atoms with E-state index >= 15 is 0 Å². The summed E-state index contributed by atoms with van der Waals surface area (Å²) >= 11 is 0. The summed E-state index contributed by atoms with van der Waals surface area (Å²) in [7, 11) is 0. The summed E-state index contributed by atoms with van der Waals surface area (Å²) in [5.41, 5.74) is 7.02. The Morgan fingerprint density at radius 1 is 1.41 bits per heavy atom. The highest BCUT2D eigenvalue weighted by Crippen LogP contribution is 2.21. The van der Waals surface area contributed by atoms with E-state index in [2.05, 4.69) is 10.1 Å². The van der Waals surface area contributed by atoms with Gasteiger partial charge in [-0.1, -0.05) is 23.4 Å². The van der Waals surface area contributed by atoms with Gasteiger partial charge in [-0.05, 0) is 19.1 Å². The first-order chi connectivity index (χ1) is 8.20. The van der Waals surface area contributed by atoms with Crippen molar-refractivity contribution in [1.29, 1.82) is 0 Å². The molecule has 0 radical (unpaired) electrons. The molecule has 88 valence electrons. The summed E-state index contributed by atoms with van der Waals surface area (Å²) < 4.78 is 5.54. The molecule has 0 amide bonds. The van der Waals surface area contributed by atoms with Crippen LogP contribution in [0.2, 0.25) is 0 Å². The molecule has 1 heterocycles. The van der Waals surface area contributed by atoms with Gasteiger partial charge in [-0.15, -0.1) is 0 Å². The van der Waals surface area contributed by atoms with Crippen molar-refractivity contribution < 1.29 is 9.62 Å². The lowest BCUT2D eigenvalue weighted by molar-refractivity contribution is 0.317. The highest BCUT2D eigenvalue weighted by atomic mass is 16.4.